The Morgan fingerprint density at radius 1 is 1.12 bits per heavy atom. The van der Waals surface area contributed by atoms with Gasteiger partial charge in [0.05, 0.1) is 6.04 Å². The third kappa shape index (κ3) is 4.61. The normalized spacial score (nSPS) is 16.3. The van der Waals surface area contributed by atoms with Crippen molar-refractivity contribution in [2.24, 2.45) is 0 Å². The lowest BCUT2D eigenvalue weighted by molar-refractivity contribution is -0.126. The number of nitrogens with one attached hydrogen (secondary N) is 1. The van der Waals surface area contributed by atoms with E-state index in [0.717, 1.165) is 31.7 Å². The molecule has 138 valence electrons. The highest BCUT2D eigenvalue weighted by molar-refractivity contribution is 5.81. The molecule has 26 heavy (non-hydrogen) atoms. The van der Waals surface area contributed by atoms with E-state index in [1.165, 1.54) is 23.4 Å². The van der Waals surface area contributed by atoms with E-state index in [1.54, 1.807) is 12.1 Å². The first-order chi connectivity index (χ1) is 12.5. The molecule has 1 aliphatic heterocycles. The van der Waals surface area contributed by atoms with Crippen molar-refractivity contribution in [1.82, 2.24) is 10.2 Å². The fourth-order valence-corrected chi connectivity index (χ4v) is 3.30. The van der Waals surface area contributed by atoms with Gasteiger partial charge in [0.1, 0.15) is 5.82 Å². The van der Waals surface area contributed by atoms with E-state index in [4.69, 9.17) is 0 Å². The van der Waals surface area contributed by atoms with Crippen molar-refractivity contribution in [3.8, 4) is 0 Å². The summed E-state index contributed by atoms with van der Waals surface area (Å²) in [5.74, 6) is -0.252. The van der Waals surface area contributed by atoms with Gasteiger partial charge in [-0.05, 0) is 49.2 Å². The van der Waals surface area contributed by atoms with Gasteiger partial charge in [0.2, 0.25) is 5.91 Å². The van der Waals surface area contributed by atoms with Crippen LogP contribution in [0.3, 0.4) is 0 Å². The molecule has 0 aliphatic carbocycles. The van der Waals surface area contributed by atoms with E-state index in [9.17, 15) is 9.18 Å². The van der Waals surface area contributed by atoms with Gasteiger partial charge in [0.15, 0.2) is 0 Å². The molecule has 0 spiro atoms. The molecule has 1 fully saturated rings. The van der Waals surface area contributed by atoms with Crippen LogP contribution in [0.25, 0.3) is 0 Å². The minimum Gasteiger partial charge on any atom is -0.369 e. The van der Waals surface area contributed by atoms with Crippen LogP contribution in [-0.4, -0.2) is 43.0 Å². The van der Waals surface area contributed by atoms with Crippen LogP contribution in [0, 0.1) is 12.7 Å². The van der Waals surface area contributed by atoms with E-state index in [2.05, 4.69) is 46.3 Å². The monoisotopic (exact) mass is 355 g/mol. The summed E-state index contributed by atoms with van der Waals surface area (Å²) in [5, 5.41) is 2.95. The van der Waals surface area contributed by atoms with E-state index in [1.807, 2.05) is 6.92 Å². The van der Waals surface area contributed by atoms with E-state index < -0.39 is 0 Å². The predicted molar refractivity (Wildman–Crippen MR) is 103 cm³/mol. The quantitative estimate of drug-likeness (QED) is 0.896. The predicted octanol–water partition coefficient (Wildman–Crippen LogP) is 2.96. The van der Waals surface area contributed by atoms with Crippen molar-refractivity contribution < 1.29 is 9.18 Å². The smallest absolute Gasteiger partial charge is 0.237 e. The number of carbonyl (C=O) groups is 1. The summed E-state index contributed by atoms with van der Waals surface area (Å²) >= 11 is 0. The zero-order chi connectivity index (χ0) is 18.5. The molecule has 1 atom stereocenters. The Morgan fingerprint density at radius 2 is 1.81 bits per heavy atom. The lowest BCUT2D eigenvalue weighted by atomic mass is 10.1. The first-order valence-electron chi connectivity index (χ1n) is 9.11. The van der Waals surface area contributed by atoms with Crippen LogP contribution < -0.4 is 10.2 Å². The summed E-state index contributed by atoms with van der Waals surface area (Å²) in [6, 6.07) is 14.6. The number of hydrogen-bond donors (Lipinski definition) is 1. The fourth-order valence-electron chi connectivity index (χ4n) is 3.30. The number of aryl methyl sites for hydroxylation is 1. The van der Waals surface area contributed by atoms with Gasteiger partial charge in [-0.15, -0.1) is 0 Å². The zero-order valence-electron chi connectivity index (χ0n) is 15.4. The number of carbonyl (C=O) groups excluding carboxylic acids is 1. The average molecular weight is 355 g/mol. The molecule has 1 N–H and O–H groups in total. The molecule has 0 saturated carbocycles. The van der Waals surface area contributed by atoms with Gasteiger partial charge in [0.25, 0.3) is 0 Å². The van der Waals surface area contributed by atoms with Gasteiger partial charge in [-0.1, -0.05) is 24.3 Å². The molecule has 2 aromatic rings. The third-order valence-corrected chi connectivity index (χ3v) is 4.99. The van der Waals surface area contributed by atoms with Gasteiger partial charge in [0, 0.05) is 38.4 Å². The second-order valence-corrected chi connectivity index (χ2v) is 6.88. The molecular weight excluding hydrogens is 329 g/mol. The molecule has 0 radical (unpaired) electrons. The van der Waals surface area contributed by atoms with Gasteiger partial charge in [-0.25, -0.2) is 4.39 Å². The van der Waals surface area contributed by atoms with E-state index in [-0.39, 0.29) is 17.8 Å². The second kappa shape index (κ2) is 8.32. The number of nitrogens with zero attached hydrogens (tertiary/aromatic N) is 2. The summed E-state index contributed by atoms with van der Waals surface area (Å²) in [6.07, 6.45) is 0. The van der Waals surface area contributed by atoms with Crippen LogP contribution >= 0.6 is 0 Å². The van der Waals surface area contributed by atoms with Crippen molar-refractivity contribution >= 4 is 11.6 Å². The lowest BCUT2D eigenvalue weighted by Crippen LogP contribution is -2.53. The highest BCUT2D eigenvalue weighted by Crippen LogP contribution is 2.18. The topological polar surface area (TPSA) is 35.6 Å². The molecule has 0 unspecified atom stereocenters. The lowest BCUT2D eigenvalue weighted by Gasteiger charge is -2.38. The number of amides is 1. The number of rotatable bonds is 5. The van der Waals surface area contributed by atoms with Gasteiger partial charge < -0.3 is 10.2 Å². The minimum absolute atomic E-state index is 0.0123. The third-order valence-electron chi connectivity index (χ3n) is 4.99. The Kier molecular flexibility index (Phi) is 5.89. The maximum Gasteiger partial charge on any atom is 0.237 e. The molecule has 1 saturated heterocycles. The van der Waals surface area contributed by atoms with Crippen molar-refractivity contribution in [1.29, 1.82) is 0 Å². The average Bonchev–Trinajstić information content (AvgIpc) is 2.67. The second-order valence-electron chi connectivity index (χ2n) is 6.88. The highest BCUT2D eigenvalue weighted by Gasteiger charge is 2.25. The summed E-state index contributed by atoms with van der Waals surface area (Å²) < 4.78 is 12.9. The van der Waals surface area contributed by atoms with Crippen LogP contribution in [0.4, 0.5) is 10.1 Å². The Morgan fingerprint density at radius 3 is 2.46 bits per heavy atom. The van der Waals surface area contributed by atoms with Gasteiger partial charge >= 0.3 is 0 Å². The van der Waals surface area contributed by atoms with Gasteiger partial charge in [-0.3, -0.25) is 9.69 Å². The summed E-state index contributed by atoms with van der Waals surface area (Å²) in [6.45, 7) is 8.03. The molecule has 1 aliphatic rings. The maximum atomic E-state index is 12.9. The molecule has 2 aromatic carbocycles. The molecule has 3 rings (SSSR count). The van der Waals surface area contributed by atoms with Crippen LogP contribution in [0.2, 0.25) is 0 Å². The molecule has 0 bridgehead atoms. The first kappa shape index (κ1) is 18.4. The van der Waals surface area contributed by atoms with Crippen LogP contribution in [-0.2, 0) is 11.3 Å². The van der Waals surface area contributed by atoms with Crippen molar-refractivity contribution in [2.75, 3.05) is 31.1 Å². The SMILES string of the molecule is Cc1cccc(N2CCN([C@@H](C)C(=O)NCc3ccc(F)cc3)CC2)c1. The fraction of sp³-hybridized carbons (Fsp3) is 0.381. The number of piperazine rings is 1. The molecular formula is C21H26FN3O. The molecule has 1 amide bonds. The van der Waals surface area contributed by atoms with E-state index in [0.29, 0.717) is 6.54 Å². The summed E-state index contributed by atoms with van der Waals surface area (Å²) in [4.78, 5) is 17.0. The molecule has 1 heterocycles. The molecule has 0 aromatic heterocycles. The van der Waals surface area contributed by atoms with Crippen LogP contribution in [0.1, 0.15) is 18.1 Å². The maximum absolute atomic E-state index is 12.9. The number of benzene rings is 2. The molecule has 4 nitrogen and oxygen atoms in total. The largest absolute Gasteiger partial charge is 0.369 e. The standard InChI is InChI=1S/C21H26FN3O/c1-16-4-3-5-20(14-16)25-12-10-24(11-13-25)17(2)21(26)23-15-18-6-8-19(22)9-7-18/h3-9,14,17H,10-13,15H2,1-2H3,(H,23,26)/t17-/m0/s1. The Hall–Kier alpha value is -2.40. The Labute approximate surface area is 154 Å². The number of anilines is 1. The van der Waals surface area contributed by atoms with Crippen LogP contribution in [0.15, 0.2) is 48.5 Å². The van der Waals surface area contributed by atoms with Crippen molar-refractivity contribution in [2.45, 2.75) is 26.4 Å². The number of hydrogen-bond acceptors (Lipinski definition) is 3. The van der Waals surface area contributed by atoms with Gasteiger partial charge in [-0.2, -0.15) is 0 Å². The first-order valence-corrected chi connectivity index (χ1v) is 9.11. The summed E-state index contributed by atoms with van der Waals surface area (Å²) in [7, 11) is 0. The van der Waals surface area contributed by atoms with Crippen LogP contribution in [0.5, 0.6) is 0 Å². The summed E-state index contributed by atoms with van der Waals surface area (Å²) in [5.41, 5.74) is 3.41. The highest BCUT2D eigenvalue weighted by atomic mass is 19.1. The van der Waals surface area contributed by atoms with Crippen molar-refractivity contribution in [3.05, 3.63) is 65.5 Å². The zero-order valence-corrected chi connectivity index (χ0v) is 15.4. The molecule has 5 heteroatoms. The number of halogens is 1. The Balaban J connectivity index is 1.48. The van der Waals surface area contributed by atoms with E-state index >= 15 is 0 Å². The van der Waals surface area contributed by atoms with Crippen molar-refractivity contribution in [3.63, 3.8) is 0 Å². The Bertz CT molecular complexity index is 739. The minimum atomic E-state index is -0.264.